The summed E-state index contributed by atoms with van der Waals surface area (Å²) in [6.45, 7) is 3.42. The number of rotatable bonds is 5. The van der Waals surface area contributed by atoms with Gasteiger partial charge in [-0.3, -0.25) is 9.59 Å². The molecule has 2 aromatic carbocycles. The summed E-state index contributed by atoms with van der Waals surface area (Å²) in [7, 11) is -2.36. The van der Waals surface area contributed by atoms with E-state index in [9.17, 15) is 18.0 Å². The first kappa shape index (κ1) is 18.6. The molecule has 2 amide bonds. The van der Waals surface area contributed by atoms with Crippen molar-refractivity contribution in [2.75, 3.05) is 12.4 Å². The fraction of sp³-hybridized carbons (Fsp3) is 0.176. The highest BCUT2D eigenvalue weighted by Crippen LogP contribution is 2.22. The van der Waals surface area contributed by atoms with E-state index in [1.807, 2.05) is 0 Å². The smallest absolute Gasteiger partial charge is 0.255 e. The van der Waals surface area contributed by atoms with Crippen LogP contribution in [0, 0.1) is 13.8 Å². The maximum atomic E-state index is 12.4. The maximum absolute atomic E-state index is 12.4. The molecule has 2 rings (SSSR count). The fourth-order valence-electron chi connectivity index (χ4n) is 2.27. The number of amides is 2. The molecule has 0 bridgehead atoms. The molecule has 0 aliphatic carbocycles. The number of carbonyl (C=O) groups excluding carboxylic acids is 2. The average molecular weight is 361 g/mol. The molecule has 0 saturated heterocycles. The standard InChI is InChI=1S/C17H19N3O4S/c1-10-8-13(9-15(11(10)2)25(23,24)19-3)17(22)20-14-6-4-12(5-7-14)16(18)21/h4-9,19H,1-3H3,(H2,18,21)(H,20,22). The first-order chi connectivity index (χ1) is 11.7. The topological polar surface area (TPSA) is 118 Å². The molecule has 0 spiro atoms. The van der Waals surface area contributed by atoms with E-state index in [0.717, 1.165) is 0 Å². The van der Waals surface area contributed by atoms with Crippen LogP contribution in [0.15, 0.2) is 41.3 Å². The van der Waals surface area contributed by atoms with Gasteiger partial charge in [-0.25, -0.2) is 13.1 Å². The first-order valence-electron chi connectivity index (χ1n) is 7.41. The van der Waals surface area contributed by atoms with Gasteiger partial charge in [0.25, 0.3) is 5.91 Å². The lowest BCUT2D eigenvalue weighted by Gasteiger charge is -2.12. The van der Waals surface area contributed by atoms with Crippen molar-refractivity contribution in [3.05, 3.63) is 58.7 Å². The summed E-state index contributed by atoms with van der Waals surface area (Å²) in [5.74, 6) is -1.02. The van der Waals surface area contributed by atoms with Gasteiger partial charge < -0.3 is 11.1 Å². The van der Waals surface area contributed by atoms with Crippen LogP contribution in [0.5, 0.6) is 0 Å². The molecule has 0 heterocycles. The summed E-state index contributed by atoms with van der Waals surface area (Å²) in [6, 6.07) is 9.04. The zero-order chi connectivity index (χ0) is 18.8. The Bertz CT molecular complexity index is 935. The SMILES string of the molecule is CNS(=O)(=O)c1cc(C(=O)Nc2ccc(C(N)=O)cc2)cc(C)c1C. The molecule has 8 heteroatoms. The Kier molecular flexibility index (Phi) is 5.24. The van der Waals surface area contributed by atoms with Crippen molar-refractivity contribution in [1.29, 1.82) is 0 Å². The molecule has 0 atom stereocenters. The number of nitrogens with two attached hydrogens (primary N) is 1. The van der Waals surface area contributed by atoms with E-state index in [0.29, 0.717) is 22.4 Å². The van der Waals surface area contributed by atoms with E-state index in [1.165, 1.54) is 25.2 Å². The third kappa shape index (κ3) is 4.04. The Labute approximate surface area is 146 Å². The molecule has 0 aliphatic heterocycles. The highest BCUT2D eigenvalue weighted by atomic mass is 32.2. The molecule has 132 valence electrons. The predicted molar refractivity (Wildman–Crippen MR) is 95.1 cm³/mol. The van der Waals surface area contributed by atoms with Crippen molar-refractivity contribution in [3.8, 4) is 0 Å². The van der Waals surface area contributed by atoms with Gasteiger partial charge in [0.1, 0.15) is 0 Å². The van der Waals surface area contributed by atoms with Gasteiger partial charge in [0.2, 0.25) is 15.9 Å². The van der Waals surface area contributed by atoms with E-state index >= 15 is 0 Å². The highest BCUT2D eigenvalue weighted by molar-refractivity contribution is 7.89. The van der Waals surface area contributed by atoms with Crippen molar-refractivity contribution >= 4 is 27.5 Å². The van der Waals surface area contributed by atoms with Crippen LogP contribution in [0.25, 0.3) is 0 Å². The molecule has 7 nitrogen and oxygen atoms in total. The summed E-state index contributed by atoms with van der Waals surface area (Å²) in [4.78, 5) is 23.6. The molecular weight excluding hydrogens is 342 g/mol. The van der Waals surface area contributed by atoms with Crippen LogP contribution in [-0.4, -0.2) is 27.3 Å². The monoisotopic (exact) mass is 361 g/mol. The zero-order valence-electron chi connectivity index (χ0n) is 14.1. The molecule has 0 aliphatic rings. The second-order valence-corrected chi connectivity index (χ2v) is 7.37. The number of benzene rings is 2. The van der Waals surface area contributed by atoms with Crippen LogP contribution in [0.3, 0.4) is 0 Å². The van der Waals surface area contributed by atoms with Gasteiger partial charge in [-0.15, -0.1) is 0 Å². The summed E-state index contributed by atoms with van der Waals surface area (Å²) < 4.78 is 26.5. The molecule has 4 N–H and O–H groups in total. The number of hydrogen-bond donors (Lipinski definition) is 3. The van der Waals surface area contributed by atoms with E-state index in [2.05, 4.69) is 10.0 Å². The van der Waals surface area contributed by atoms with Gasteiger partial charge in [-0.1, -0.05) is 0 Å². The lowest BCUT2D eigenvalue weighted by molar-refractivity contribution is 0.0998. The summed E-state index contributed by atoms with van der Waals surface area (Å²) in [5, 5.41) is 2.66. The van der Waals surface area contributed by atoms with Gasteiger partial charge in [-0.05, 0) is 68.4 Å². The average Bonchev–Trinajstić information content (AvgIpc) is 2.57. The molecule has 0 unspecified atom stereocenters. The number of carbonyl (C=O) groups is 2. The maximum Gasteiger partial charge on any atom is 0.255 e. The number of primary amides is 1. The first-order valence-corrected chi connectivity index (χ1v) is 8.90. The van der Waals surface area contributed by atoms with Crippen molar-refractivity contribution in [1.82, 2.24) is 4.72 Å². The molecular formula is C17H19N3O4S. The minimum atomic E-state index is -3.68. The summed E-state index contributed by atoms with van der Waals surface area (Å²) in [5.41, 5.74) is 7.44. The zero-order valence-corrected chi connectivity index (χ0v) is 14.9. The third-order valence-electron chi connectivity index (χ3n) is 3.87. The van der Waals surface area contributed by atoms with E-state index in [1.54, 1.807) is 32.0 Å². The number of aryl methyl sites for hydroxylation is 1. The third-order valence-corrected chi connectivity index (χ3v) is 5.41. The highest BCUT2D eigenvalue weighted by Gasteiger charge is 2.19. The fourth-order valence-corrected chi connectivity index (χ4v) is 3.33. The molecule has 0 fully saturated rings. The molecule has 25 heavy (non-hydrogen) atoms. The van der Waals surface area contributed by atoms with Crippen LogP contribution < -0.4 is 15.8 Å². The van der Waals surface area contributed by atoms with Crippen molar-refractivity contribution in [2.24, 2.45) is 5.73 Å². The minimum absolute atomic E-state index is 0.0595. The summed E-state index contributed by atoms with van der Waals surface area (Å²) in [6.07, 6.45) is 0. The van der Waals surface area contributed by atoms with Gasteiger partial charge in [-0.2, -0.15) is 0 Å². The largest absolute Gasteiger partial charge is 0.366 e. The molecule has 0 aromatic heterocycles. The van der Waals surface area contributed by atoms with Crippen LogP contribution in [0.2, 0.25) is 0 Å². The molecule has 0 radical (unpaired) electrons. The molecule has 0 saturated carbocycles. The van der Waals surface area contributed by atoms with Crippen molar-refractivity contribution in [3.63, 3.8) is 0 Å². The second-order valence-electron chi connectivity index (χ2n) is 5.52. The Balaban J connectivity index is 2.35. The lowest BCUT2D eigenvalue weighted by atomic mass is 10.1. The quantitative estimate of drug-likeness (QED) is 0.749. The van der Waals surface area contributed by atoms with Gasteiger partial charge >= 0.3 is 0 Å². The van der Waals surface area contributed by atoms with E-state index in [-0.39, 0.29) is 10.5 Å². The van der Waals surface area contributed by atoms with Crippen molar-refractivity contribution in [2.45, 2.75) is 18.7 Å². The minimum Gasteiger partial charge on any atom is -0.366 e. The number of nitrogens with one attached hydrogen (secondary N) is 2. The Morgan fingerprint density at radius 3 is 2.12 bits per heavy atom. The number of hydrogen-bond acceptors (Lipinski definition) is 4. The predicted octanol–water partition coefficient (Wildman–Crippen LogP) is 1.56. The van der Waals surface area contributed by atoms with E-state index in [4.69, 9.17) is 5.73 Å². The Hall–Kier alpha value is -2.71. The Morgan fingerprint density at radius 2 is 1.60 bits per heavy atom. The normalized spacial score (nSPS) is 11.2. The van der Waals surface area contributed by atoms with Crippen LogP contribution >= 0.6 is 0 Å². The van der Waals surface area contributed by atoms with Crippen molar-refractivity contribution < 1.29 is 18.0 Å². The van der Waals surface area contributed by atoms with Gasteiger partial charge in [0, 0.05) is 16.8 Å². The molecule has 2 aromatic rings. The number of anilines is 1. The Morgan fingerprint density at radius 1 is 1.00 bits per heavy atom. The van der Waals surface area contributed by atoms with E-state index < -0.39 is 21.8 Å². The number of sulfonamides is 1. The summed E-state index contributed by atoms with van der Waals surface area (Å²) >= 11 is 0. The lowest BCUT2D eigenvalue weighted by Crippen LogP contribution is -2.21. The van der Waals surface area contributed by atoms with Crippen LogP contribution in [-0.2, 0) is 10.0 Å². The van der Waals surface area contributed by atoms with Crippen LogP contribution in [0.4, 0.5) is 5.69 Å². The second kappa shape index (κ2) is 7.04. The van der Waals surface area contributed by atoms with Crippen LogP contribution in [0.1, 0.15) is 31.8 Å². The van der Waals surface area contributed by atoms with Gasteiger partial charge in [0.05, 0.1) is 4.90 Å². The van der Waals surface area contributed by atoms with Gasteiger partial charge in [0.15, 0.2) is 0 Å².